The van der Waals surface area contributed by atoms with Crippen molar-refractivity contribution in [2.24, 2.45) is 5.92 Å². The third-order valence-electron chi connectivity index (χ3n) is 5.95. The molecular weight excluding hydrogens is 330 g/mol. The van der Waals surface area contributed by atoms with Crippen LogP contribution in [-0.4, -0.2) is 70.3 Å². The summed E-state index contributed by atoms with van der Waals surface area (Å²) in [7, 11) is 0. The summed E-state index contributed by atoms with van der Waals surface area (Å²) in [5.41, 5.74) is 0. The highest BCUT2D eigenvalue weighted by Gasteiger charge is 2.40. The molecule has 3 fully saturated rings. The first-order valence-electron chi connectivity index (χ1n) is 9.82. The summed E-state index contributed by atoms with van der Waals surface area (Å²) in [5, 5.41) is 0. The van der Waals surface area contributed by atoms with E-state index in [4.69, 9.17) is 0 Å². The summed E-state index contributed by atoms with van der Waals surface area (Å²) < 4.78 is 0. The third-order valence-corrected chi connectivity index (χ3v) is 5.95. The second-order valence-electron chi connectivity index (χ2n) is 7.60. The molecular formula is C19H27N5O2. The van der Waals surface area contributed by atoms with Crippen molar-refractivity contribution in [2.45, 2.75) is 44.6 Å². The fourth-order valence-electron chi connectivity index (χ4n) is 4.48. The number of amides is 2. The number of anilines is 1. The summed E-state index contributed by atoms with van der Waals surface area (Å²) in [5.74, 6) is 0.875. The molecule has 3 aliphatic rings. The van der Waals surface area contributed by atoms with Gasteiger partial charge < -0.3 is 14.7 Å². The highest BCUT2D eigenvalue weighted by atomic mass is 16.2. The smallest absolute Gasteiger partial charge is 0.228 e. The monoisotopic (exact) mass is 357 g/mol. The largest absolute Gasteiger partial charge is 0.339 e. The Bertz CT molecular complexity index is 639. The molecule has 1 aromatic rings. The van der Waals surface area contributed by atoms with Crippen LogP contribution >= 0.6 is 0 Å². The predicted octanol–water partition coefficient (Wildman–Crippen LogP) is 1.31. The first-order valence-corrected chi connectivity index (χ1v) is 9.82. The minimum Gasteiger partial charge on any atom is -0.339 e. The zero-order chi connectivity index (χ0) is 17.9. The van der Waals surface area contributed by atoms with Gasteiger partial charge in [-0.1, -0.05) is 19.3 Å². The van der Waals surface area contributed by atoms with Crippen molar-refractivity contribution < 1.29 is 9.59 Å². The highest BCUT2D eigenvalue weighted by Crippen LogP contribution is 2.29. The normalized spacial score (nSPS) is 25.0. The predicted molar refractivity (Wildman–Crippen MR) is 97.5 cm³/mol. The van der Waals surface area contributed by atoms with Crippen LogP contribution < -0.4 is 4.90 Å². The third kappa shape index (κ3) is 3.52. The van der Waals surface area contributed by atoms with Gasteiger partial charge in [-0.3, -0.25) is 9.59 Å². The summed E-state index contributed by atoms with van der Waals surface area (Å²) in [6, 6.07) is 2.17. The van der Waals surface area contributed by atoms with Gasteiger partial charge in [0.1, 0.15) is 0 Å². The van der Waals surface area contributed by atoms with Crippen molar-refractivity contribution in [1.82, 2.24) is 19.8 Å². The van der Waals surface area contributed by atoms with Crippen LogP contribution in [0.2, 0.25) is 0 Å². The lowest BCUT2D eigenvalue weighted by Gasteiger charge is -2.36. The Hall–Kier alpha value is -2.18. The SMILES string of the molecule is O=C(C1CC(=O)N(C2CCCCC2)C1)N1CCN(c2ncccn2)CC1. The molecule has 7 nitrogen and oxygen atoms in total. The standard InChI is InChI=1S/C19H27N5O2/c25-17-13-15(14-24(17)16-5-2-1-3-6-16)18(26)22-9-11-23(12-10-22)19-20-7-4-8-21-19/h4,7-8,15-16H,1-3,5-6,9-14H2. The van der Waals surface area contributed by atoms with Gasteiger partial charge in [-0.05, 0) is 18.9 Å². The van der Waals surface area contributed by atoms with Crippen LogP contribution in [0, 0.1) is 5.92 Å². The quantitative estimate of drug-likeness (QED) is 0.816. The maximum atomic E-state index is 12.9. The Balaban J connectivity index is 1.32. The van der Waals surface area contributed by atoms with Gasteiger partial charge in [0.25, 0.3) is 0 Å². The maximum absolute atomic E-state index is 12.9. The Kier molecular flexibility index (Phi) is 5.04. The van der Waals surface area contributed by atoms with Gasteiger partial charge >= 0.3 is 0 Å². The summed E-state index contributed by atoms with van der Waals surface area (Å²) in [6.07, 6.45) is 9.75. The van der Waals surface area contributed by atoms with Gasteiger partial charge in [0.2, 0.25) is 17.8 Å². The number of likely N-dealkylation sites (tertiary alicyclic amines) is 1. The molecule has 1 unspecified atom stereocenters. The van der Waals surface area contributed by atoms with E-state index in [1.165, 1.54) is 19.3 Å². The van der Waals surface area contributed by atoms with E-state index in [-0.39, 0.29) is 17.7 Å². The van der Waals surface area contributed by atoms with E-state index in [0.717, 1.165) is 31.9 Å². The fraction of sp³-hybridized carbons (Fsp3) is 0.684. The number of carbonyl (C=O) groups excluding carboxylic acids is 2. The lowest BCUT2D eigenvalue weighted by molar-refractivity contribution is -0.136. The van der Waals surface area contributed by atoms with Crippen molar-refractivity contribution in [3.8, 4) is 0 Å². The number of hydrogen-bond acceptors (Lipinski definition) is 5. The molecule has 3 heterocycles. The Labute approximate surface area is 154 Å². The van der Waals surface area contributed by atoms with Gasteiger partial charge in [-0.25, -0.2) is 9.97 Å². The van der Waals surface area contributed by atoms with Crippen LogP contribution in [0.3, 0.4) is 0 Å². The van der Waals surface area contributed by atoms with Gasteiger partial charge in [0, 0.05) is 57.6 Å². The Morgan fingerprint density at radius 3 is 2.38 bits per heavy atom. The molecule has 1 atom stereocenters. The van der Waals surface area contributed by atoms with Crippen LogP contribution in [0.5, 0.6) is 0 Å². The number of carbonyl (C=O) groups is 2. The van der Waals surface area contributed by atoms with E-state index in [0.29, 0.717) is 32.1 Å². The number of nitrogens with zero attached hydrogens (tertiary/aromatic N) is 5. The number of hydrogen-bond donors (Lipinski definition) is 0. The zero-order valence-electron chi connectivity index (χ0n) is 15.2. The van der Waals surface area contributed by atoms with Crippen LogP contribution in [0.25, 0.3) is 0 Å². The fourth-order valence-corrected chi connectivity index (χ4v) is 4.48. The van der Waals surface area contributed by atoms with Crippen LogP contribution in [-0.2, 0) is 9.59 Å². The summed E-state index contributed by atoms with van der Waals surface area (Å²) in [6.45, 7) is 3.44. The molecule has 2 amide bonds. The molecule has 2 aliphatic heterocycles. The average molecular weight is 357 g/mol. The number of piperazine rings is 1. The molecule has 0 radical (unpaired) electrons. The zero-order valence-corrected chi connectivity index (χ0v) is 15.2. The van der Waals surface area contributed by atoms with Crippen molar-refractivity contribution in [1.29, 1.82) is 0 Å². The van der Waals surface area contributed by atoms with Crippen molar-refractivity contribution in [3.63, 3.8) is 0 Å². The molecule has 140 valence electrons. The molecule has 1 aliphatic carbocycles. The molecule has 4 rings (SSSR count). The van der Waals surface area contributed by atoms with E-state index >= 15 is 0 Å². The van der Waals surface area contributed by atoms with E-state index in [1.807, 2.05) is 9.80 Å². The molecule has 7 heteroatoms. The lowest BCUT2D eigenvalue weighted by atomic mass is 9.94. The minimum atomic E-state index is -0.163. The Morgan fingerprint density at radius 1 is 1.00 bits per heavy atom. The first kappa shape index (κ1) is 17.2. The summed E-state index contributed by atoms with van der Waals surface area (Å²) >= 11 is 0. The van der Waals surface area contributed by atoms with Crippen molar-refractivity contribution in [2.75, 3.05) is 37.6 Å². The molecule has 1 saturated carbocycles. The number of rotatable bonds is 3. The maximum Gasteiger partial charge on any atom is 0.228 e. The van der Waals surface area contributed by atoms with E-state index in [1.54, 1.807) is 18.5 Å². The lowest BCUT2D eigenvalue weighted by Crippen LogP contribution is -2.51. The molecule has 2 saturated heterocycles. The molecule has 1 aromatic heterocycles. The van der Waals surface area contributed by atoms with E-state index < -0.39 is 0 Å². The highest BCUT2D eigenvalue weighted by molar-refractivity contribution is 5.89. The molecule has 0 bridgehead atoms. The summed E-state index contributed by atoms with van der Waals surface area (Å²) in [4.78, 5) is 39.9. The number of aromatic nitrogens is 2. The molecule has 26 heavy (non-hydrogen) atoms. The van der Waals surface area contributed by atoms with Gasteiger partial charge in [0.15, 0.2) is 0 Å². The average Bonchev–Trinajstić information content (AvgIpc) is 3.10. The second kappa shape index (κ2) is 7.60. The van der Waals surface area contributed by atoms with E-state index in [9.17, 15) is 9.59 Å². The second-order valence-corrected chi connectivity index (χ2v) is 7.60. The van der Waals surface area contributed by atoms with Crippen LogP contribution in [0.15, 0.2) is 18.5 Å². The van der Waals surface area contributed by atoms with Crippen LogP contribution in [0.4, 0.5) is 5.95 Å². The van der Waals surface area contributed by atoms with Crippen molar-refractivity contribution >= 4 is 17.8 Å². The first-order chi connectivity index (χ1) is 12.7. The van der Waals surface area contributed by atoms with Gasteiger partial charge in [0.05, 0.1) is 5.92 Å². The van der Waals surface area contributed by atoms with Crippen molar-refractivity contribution in [3.05, 3.63) is 18.5 Å². The minimum absolute atomic E-state index is 0.144. The molecule has 0 N–H and O–H groups in total. The van der Waals surface area contributed by atoms with Gasteiger partial charge in [-0.2, -0.15) is 0 Å². The van der Waals surface area contributed by atoms with Gasteiger partial charge in [-0.15, -0.1) is 0 Å². The Morgan fingerprint density at radius 2 is 1.69 bits per heavy atom. The topological polar surface area (TPSA) is 69.6 Å². The van der Waals surface area contributed by atoms with Crippen LogP contribution in [0.1, 0.15) is 38.5 Å². The molecule has 0 spiro atoms. The molecule has 0 aromatic carbocycles. The van der Waals surface area contributed by atoms with E-state index in [2.05, 4.69) is 14.9 Å².